The van der Waals surface area contributed by atoms with Gasteiger partial charge in [-0.05, 0) is 47.7 Å². The maximum atomic E-state index is 5.74. The van der Waals surface area contributed by atoms with E-state index in [1.807, 2.05) is 25.1 Å². The number of rotatable bonds is 2. The first-order valence-electron chi connectivity index (χ1n) is 4.32. The van der Waals surface area contributed by atoms with Crippen LogP contribution in [0, 0.1) is 2.88 Å². The zero-order valence-corrected chi connectivity index (χ0v) is 10.7. The van der Waals surface area contributed by atoms with E-state index in [0.717, 1.165) is 16.8 Å². The van der Waals surface area contributed by atoms with Crippen LogP contribution in [0.1, 0.15) is 6.92 Å². The van der Waals surface area contributed by atoms with E-state index < -0.39 is 0 Å². The van der Waals surface area contributed by atoms with Crippen LogP contribution in [0.5, 0.6) is 5.75 Å². The van der Waals surface area contributed by atoms with Crippen LogP contribution < -0.4 is 10.5 Å². The Kier molecular flexibility index (Phi) is 2.83. The average molecular weight is 319 g/mol. The van der Waals surface area contributed by atoms with E-state index in [-0.39, 0.29) is 0 Å². The van der Waals surface area contributed by atoms with Gasteiger partial charge in [0.25, 0.3) is 0 Å². The van der Waals surface area contributed by atoms with Crippen LogP contribution in [0.4, 0.5) is 5.69 Å². The molecule has 1 aromatic carbocycles. The van der Waals surface area contributed by atoms with Gasteiger partial charge in [0.2, 0.25) is 0 Å². The molecule has 0 saturated heterocycles. The summed E-state index contributed by atoms with van der Waals surface area (Å²) >= 11 is 4.03. The van der Waals surface area contributed by atoms with E-state index in [4.69, 9.17) is 10.5 Å². The first kappa shape index (κ1) is 10.0. The van der Waals surface area contributed by atoms with E-state index in [1.54, 1.807) is 11.3 Å². The van der Waals surface area contributed by atoms with Crippen LogP contribution >= 0.6 is 33.9 Å². The van der Waals surface area contributed by atoms with Crippen LogP contribution in [0.2, 0.25) is 0 Å². The van der Waals surface area contributed by atoms with Gasteiger partial charge >= 0.3 is 0 Å². The molecule has 0 bridgehead atoms. The standard InChI is InChI=1S/C10H10INOS/c1-2-13-9-7-5-6(12)3-4-8(7)14-10(9)11/h3-5H,2,12H2,1H3. The Balaban J connectivity index is 2.66. The van der Waals surface area contributed by atoms with E-state index in [2.05, 4.69) is 22.6 Å². The van der Waals surface area contributed by atoms with Crippen LogP contribution in [0.25, 0.3) is 10.1 Å². The fourth-order valence-corrected chi connectivity index (χ4v) is 3.35. The number of nitrogen functional groups attached to an aromatic ring is 1. The average Bonchev–Trinajstić information content (AvgIpc) is 2.45. The summed E-state index contributed by atoms with van der Waals surface area (Å²) in [6, 6.07) is 5.93. The van der Waals surface area contributed by atoms with Crippen LogP contribution in [0.3, 0.4) is 0 Å². The Hall–Kier alpha value is -0.490. The third kappa shape index (κ3) is 1.68. The molecule has 1 aromatic heterocycles. The van der Waals surface area contributed by atoms with Gasteiger partial charge in [-0.15, -0.1) is 11.3 Å². The minimum absolute atomic E-state index is 0.691. The van der Waals surface area contributed by atoms with E-state index >= 15 is 0 Å². The molecule has 0 fully saturated rings. The van der Waals surface area contributed by atoms with Crippen molar-refractivity contribution in [2.75, 3.05) is 12.3 Å². The van der Waals surface area contributed by atoms with Gasteiger partial charge in [0, 0.05) is 15.8 Å². The zero-order valence-electron chi connectivity index (χ0n) is 7.71. The lowest BCUT2D eigenvalue weighted by molar-refractivity contribution is 0.343. The highest BCUT2D eigenvalue weighted by atomic mass is 127. The minimum Gasteiger partial charge on any atom is -0.491 e. The Labute approximate surface area is 100 Å². The second-order valence-corrected chi connectivity index (χ2v) is 5.76. The van der Waals surface area contributed by atoms with E-state index in [0.29, 0.717) is 6.61 Å². The van der Waals surface area contributed by atoms with Crippen LogP contribution in [0.15, 0.2) is 18.2 Å². The third-order valence-corrected chi connectivity index (χ3v) is 4.01. The minimum atomic E-state index is 0.691. The molecule has 0 aliphatic carbocycles. The fourth-order valence-electron chi connectivity index (χ4n) is 1.34. The van der Waals surface area contributed by atoms with Crippen molar-refractivity contribution < 1.29 is 4.74 Å². The lowest BCUT2D eigenvalue weighted by Gasteiger charge is -2.01. The summed E-state index contributed by atoms with van der Waals surface area (Å²) in [6.45, 7) is 2.68. The number of halogens is 1. The number of hydrogen-bond acceptors (Lipinski definition) is 3. The Morgan fingerprint density at radius 1 is 1.50 bits per heavy atom. The summed E-state index contributed by atoms with van der Waals surface area (Å²) < 4.78 is 8.01. The highest BCUT2D eigenvalue weighted by Crippen LogP contribution is 2.39. The van der Waals surface area contributed by atoms with Crippen molar-refractivity contribution in [1.29, 1.82) is 0 Å². The van der Waals surface area contributed by atoms with Crippen molar-refractivity contribution >= 4 is 49.7 Å². The Bertz CT molecular complexity index is 466. The van der Waals surface area contributed by atoms with Crippen molar-refractivity contribution in [1.82, 2.24) is 0 Å². The molecule has 0 amide bonds. The number of fused-ring (bicyclic) bond motifs is 1. The van der Waals surface area contributed by atoms with Crippen molar-refractivity contribution in [3.63, 3.8) is 0 Å². The molecule has 0 aliphatic rings. The van der Waals surface area contributed by atoms with Gasteiger partial charge in [0.15, 0.2) is 5.75 Å². The number of nitrogens with two attached hydrogens (primary N) is 1. The topological polar surface area (TPSA) is 35.2 Å². The van der Waals surface area contributed by atoms with Crippen molar-refractivity contribution in [3.05, 3.63) is 21.1 Å². The van der Waals surface area contributed by atoms with Crippen LogP contribution in [-0.2, 0) is 0 Å². The molecular weight excluding hydrogens is 309 g/mol. The summed E-state index contributed by atoms with van der Waals surface area (Å²) in [6.07, 6.45) is 0. The molecule has 2 aromatic rings. The van der Waals surface area contributed by atoms with Gasteiger partial charge in [-0.1, -0.05) is 0 Å². The predicted octanol–water partition coefficient (Wildman–Crippen LogP) is 3.49. The lowest BCUT2D eigenvalue weighted by atomic mass is 10.2. The number of benzene rings is 1. The lowest BCUT2D eigenvalue weighted by Crippen LogP contribution is -1.91. The van der Waals surface area contributed by atoms with Gasteiger partial charge in [-0.3, -0.25) is 0 Å². The van der Waals surface area contributed by atoms with Gasteiger partial charge in [0.05, 0.1) is 6.61 Å². The maximum absolute atomic E-state index is 5.74. The summed E-state index contributed by atoms with van der Waals surface area (Å²) in [5, 5.41) is 1.13. The number of ether oxygens (including phenoxy) is 1. The summed E-state index contributed by atoms with van der Waals surface area (Å²) in [5.41, 5.74) is 6.53. The molecule has 2 rings (SSSR count). The monoisotopic (exact) mass is 319 g/mol. The predicted molar refractivity (Wildman–Crippen MR) is 70.1 cm³/mol. The Morgan fingerprint density at radius 3 is 3.00 bits per heavy atom. The van der Waals surface area contributed by atoms with Gasteiger partial charge in [0.1, 0.15) is 2.88 Å². The second-order valence-electron chi connectivity index (χ2n) is 2.89. The first-order valence-corrected chi connectivity index (χ1v) is 6.22. The van der Waals surface area contributed by atoms with Crippen molar-refractivity contribution in [2.45, 2.75) is 6.92 Å². The molecule has 1 heterocycles. The molecule has 74 valence electrons. The van der Waals surface area contributed by atoms with E-state index in [9.17, 15) is 0 Å². The van der Waals surface area contributed by atoms with Gasteiger partial charge < -0.3 is 10.5 Å². The molecule has 2 N–H and O–H groups in total. The third-order valence-electron chi connectivity index (χ3n) is 1.92. The van der Waals surface area contributed by atoms with E-state index in [1.165, 1.54) is 7.58 Å². The highest BCUT2D eigenvalue weighted by molar-refractivity contribution is 14.1. The second kappa shape index (κ2) is 3.94. The van der Waals surface area contributed by atoms with Gasteiger partial charge in [-0.25, -0.2) is 0 Å². The number of hydrogen-bond donors (Lipinski definition) is 1. The molecule has 0 spiro atoms. The van der Waals surface area contributed by atoms with Crippen molar-refractivity contribution in [2.24, 2.45) is 0 Å². The molecule has 0 saturated carbocycles. The largest absolute Gasteiger partial charge is 0.491 e. The number of anilines is 1. The maximum Gasteiger partial charge on any atom is 0.151 e. The summed E-state index contributed by atoms with van der Waals surface area (Å²) in [4.78, 5) is 0. The quantitative estimate of drug-likeness (QED) is 0.679. The fraction of sp³-hybridized carbons (Fsp3) is 0.200. The van der Waals surface area contributed by atoms with Crippen molar-refractivity contribution in [3.8, 4) is 5.75 Å². The molecule has 14 heavy (non-hydrogen) atoms. The molecule has 4 heteroatoms. The highest BCUT2D eigenvalue weighted by Gasteiger charge is 2.10. The number of thiophene rings is 1. The molecule has 2 nitrogen and oxygen atoms in total. The normalized spacial score (nSPS) is 10.7. The Morgan fingerprint density at radius 2 is 2.29 bits per heavy atom. The first-order chi connectivity index (χ1) is 6.72. The zero-order chi connectivity index (χ0) is 10.1. The smallest absolute Gasteiger partial charge is 0.151 e. The van der Waals surface area contributed by atoms with Gasteiger partial charge in [-0.2, -0.15) is 0 Å². The van der Waals surface area contributed by atoms with Crippen LogP contribution in [-0.4, -0.2) is 6.61 Å². The molecule has 0 aliphatic heterocycles. The summed E-state index contributed by atoms with van der Waals surface area (Å²) in [5.74, 6) is 0.973. The molecule has 0 unspecified atom stereocenters. The molecule has 0 atom stereocenters. The molecule has 0 radical (unpaired) electrons. The SMILES string of the molecule is CCOc1c(I)sc2ccc(N)cc12. The summed E-state index contributed by atoms with van der Waals surface area (Å²) in [7, 11) is 0. The molecular formula is C10H10INOS.